The SMILES string of the molecule is COc1ccc(C(C)N)c(OCc2ccncc2)c1. The molecule has 4 nitrogen and oxygen atoms in total. The lowest BCUT2D eigenvalue weighted by atomic mass is 10.1. The van der Waals surface area contributed by atoms with Gasteiger partial charge in [0.05, 0.1) is 7.11 Å². The van der Waals surface area contributed by atoms with Gasteiger partial charge in [0.2, 0.25) is 0 Å². The standard InChI is InChI=1S/C15H18N2O2/c1-11(16)14-4-3-13(18-2)9-15(14)19-10-12-5-7-17-8-6-12/h3-9,11H,10,16H2,1-2H3. The van der Waals surface area contributed by atoms with E-state index in [0.717, 1.165) is 22.6 Å². The van der Waals surface area contributed by atoms with E-state index in [1.165, 1.54) is 0 Å². The Hall–Kier alpha value is -2.07. The quantitative estimate of drug-likeness (QED) is 0.895. The van der Waals surface area contributed by atoms with Gasteiger partial charge in [-0.1, -0.05) is 6.07 Å². The fourth-order valence-electron chi connectivity index (χ4n) is 1.78. The van der Waals surface area contributed by atoms with Crippen LogP contribution >= 0.6 is 0 Å². The van der Waals surface area contributed by atoms with Crippen LogP contribution in [0, 0.1) is 0 Å². The first-order valence-corrected chi connectivity index (χ1v) is 6.16. The van der Waals surface area contributed by atoms with Crippen LogP contribution in [0.15, 0.2) is 42.7 Å². The minimum Gasteiger partial charge on any atom is -0.497 e. The zero-order valence-electron chi connectivity index (χ0n) is 11.2. The van der Waals surface area contributed by atoms with E-state index in [-0.39, 0.29) is 6.04 Å². The van der Waals surface area contributed by atoms with Crippen LogP contribution in [0.4, 0.5) is 0 Å². The van der Waals surface area contributed by atoms with Crippen LogP contribution in [0.25, 0.3) is 0 Å². The molecule has 0 amide bonds. The Morgan fingerprint density at radius 1 is 1.21 bits per heavy atom. The van der Waals surface area contributed by atoms with Gasteiger partial charge in [-0.3, -0.25) is 4.98 Å². The molecule has 1 heterocycles. The second-order valence-electron chi connectivity index (χ2n) is 4.34. The lowest BCUT2D eigenvalue weighted by Crippen LogP contribution is -2.08. The maximum atomic E-state index is 5.94. The van der Waals surface area contributed by atoms with Crippen molar-refractivity contribution in [3.8, 4) is 11.5 Å². The molecule has 1 unspecified atom stereocenters. The monoisotopic (exact) mass is 258 g/mol. The normalized spacial score (nSPS) is 11.9. The van der Waals surface area contributed by atoms with Crippen LogP contribution in [0.1, 0.15) is 24.1 Å². The highest BCUT2D eigenvalue weighted by Gasteiger charge is 2.09. The fourth-order valence-corrected chi connectivity index (χ4v) is 1.78. The number of nitrogens with zero attached hydrogens (tertiary/aromatic N) is 1. The van der Waals surface area contributed by atoms with Crippen molar-refractivity contribution in [2.24, 2.45) is 5.73 Å². The molecule has 19 heavy (non-hydrogen) atoms. The number of nitrogens with two attached hydrogens (primary N) is 1. The molecule has 2 rings (SSSR count). The third-order valence-electron chi connectivity index (χ3n) is 2.85. The van der Waals surface area contributed by atoms with E-state index in [1.807, 2.05) is 37.3 Å². The summed E-state index contributed by atoms with van der Waals surface area (Å²) in [6.45, 7) is 2.41. The van der Waals surface area contributed by atoms with Crippen molar-refractivity contribution in [2.75, 3.05) is 7.11 Å². The van der Waals surface area contributed by atoms with Crippen LogP contribution < -0.4 is 15.2 Å². The summed E-state index contributed by atoms with van der Waals surface area (Å²) in [5.74, 6) is 1.51. The van der Waals surface area contributed by atoms with Gasteiger partial charge in [0.1, 0.15) is 18.1 Å². The largest absolute Gasteiger partial charge is 0.497 e. The number of rotatable bonds is 5. The van der Waals surface area contributed by atoms with E-state index in [4.69, 9.17) is 15.2 Å². The first kappa shape index (κ1) is 13.4. The number of hydrogen-bond donors (Lipinski definition) is 1. The van der Waals surface area contributed by atoms with Gasteiger partial charge in [0.15, 0.2) is 0 Å². The predicted molar refractivity (Wildman–Crippen MR) is 74.2 cm³/mol. The summed E-state index contributed by atoms with van der Waals surface area (Å²) in [5.41, 5.74) is 7.98. The summed E-state index contributed by atoms with van der Waals surface area (Å²) in [7, 11) is 1.63. The highest BCUT2D eigenvalue weighted by molar-refractivity contribution is 5.42. The molecule has 0 saturated heterocycles. The van der Waals surface area contributed by atoms with Gasteiger partial charge in [-0.2, -0.15) is 0 Å². The Bertz CT molecular complexity index is 527. The molecule has 2 N–H and O–H groups in total. The molecule has 1 aromatic carbocycles. The maximum Gasteiger partial charge on any atom is 0.128 e. The number of hydrogen-bond acceptors (Lipinski definition) is 4. The van der Waals surface area contributed by atoms with Gasteiger partial charge in [-0.15, -0.1) is 0 Å². The molecule has 0 radical (unpaired) electrons. The molecule has 0 spiro atoms. The van der Waals surface area contributed by atoms with E-state index < -0.39 is 0 Å². The van der Waals surface area contributed by atoms with E-state index >= 15 is 0 Å². The van der Waals surface area contributed by atoms with Crippen molar-refractivity contribution in [2.45, 2.75) is 19.6 Å². The van der Waals surface area contributed by atoms with E-state index in [2.05, 4.69) is 4.98 Å². The summed E-state index contributed by atoms with van der Waals surface area (Å²) >= 11 is 0. The summed E-state index contributed by atoms with van der Waals surface area (Å²) in [6.07, 6.45) is 3.49. The van der Waals surface area contributed by atoms with Gasteiger partial charge in [0.25, 0.3) is 0 Å². The van der Waals surface area contributed by atoms with Gasteiger partial charge >= 0.3 is 0 Å². The van der Waals surface area contributed by atoms with E-state index in [9.17, 15) is 0 Å². The van der Waals surface area contributed by atoms with Gasteiger partial charge in [-0.05, 0) is 30.7 Å². The van der Waals surface area contributed by atoms with Crippen molar-refractivity contribution in [1.29, 1.82) is 0 Å². The van der Waals surface area contributed by atoms with Crippen LogP contribution in [0.3, 0.4) is 0 Å². The molecule has 2 aromatic rings. The summed E-state index contributed by atoms with van der Waals surface area (Å²) in [5, 5.41) is 0. The number of benzene rings is 1. The first-order chi connectivity index (χ1) is 9.20. The Kier molecular flexibility index (Phi) is 4.36. The molecule has 1 atom stereocenters. The molecule has 4 heteroatoms. The smallest absolute Gasteiger partial charge is 0.128 e. The Morgan fingerprint density at radius 3 is 2.58 bits per heavy atom. The van der Waals surface area contributed by atoms with Gasteiger partial charge in [-0.25, -0.2) is 0 Å². The van der Waals surface area contributed by atoms with Crippen LogP contribution in [-0.2, 0) is 6.61 Å². The maximum absolute atomic E-state index is 5.94. The summed E-state index contributed by atoms with van der Waals surface area (Å²) < 4.78 is 11.1. The minimum absolute atomic E-state index is 0.0849. The number of ether oxygens (including phenoxy) is 2. The second-order valence-corrected chi connectivity index (χ2v) is 4.34. The Morgan fingerprint density at radius 2 is 1.95 bits per heavy atom. The molecule has 0 bridgehead atoms. The van der Waals surface area contributed by atoms with E-state index in [1.54, 1.807) is 19.5 Å². The minimum atomic E-state index is -0.0849. The van der Waals surface area contributed by atoms with Crippen LogP contribution in [-0.4, -0.2) is 12.1 Å². The molecular weight excluding hydrogens is 240 g/mol. The van der Waals surface area contributed by atoms with Gasteiger partial charge in [0, 0.05) is 30.1 Å². The Labute approximate surface area is 113 Å². The molecule has 0 saturated carbocycles. The first-order valence-electron chi connectivity index (χ1n) is 6.16. The third kappa shape index (κ3) is 3.45. The Balaban J connectivity index is 2.18. The molecule has 100 valence electrons. The van der Waals surface area contributed by atoms with Crippen LogP contribution in [0.5, 0.6) is 11.5 Å². The second kappa shape index (κ2) is 6.20. The molecular formula is C15H18N2O2. The predicted octanol–water partition coefficient (Wildman–Crippen LogP) is 2.69. The van der Waals surface area contributed by atoms with E-state index in [0.29, 0.717) is 6.61 Å². The molecule has 0 fully saturated rings. The van der Waals surface area contributed by atoms with Crippen LogP contribution in [0.2, 0.25) is 0 Å². The lowest BCUT2D eigenvalue weighted by Gasteiger charge is -2.15. The molecule has 0 aliphatic rings. The topological polar surface area (TPSA) is 57.4 Å². The lowest BCUT2D eigenvalue weighted by molar-refractivity contribution is 0.299. The number of aromatic nitrogens is 1. The average molecular weight is 258 g/mol. The zero-order valence-corrected chi connectivity index (χ0v) is 11.2. The van der Waals surface area contributed by atoms with Crippen molar-refractivity contribution in [3.05, 3.63) is 53.9 Å². The highest BCUT2D eigenvalue weighted by atomic mass is 16.5. The van der Waals surface area contributed by atoms with Crippen molar-refractivity contribution < 1.29 is 9.47 Å². The molecule has 1 aromatic heterocycles. The summed E-state index contributed by atoms with van der Waals surface area (Å²) in [6, 6.07) is 9.44. The van der Waals surface area contributed by atoms with Crippen molar-refractivity contribution in [3.63, 3.8) is 0 Å². The average Bonchev–Trinajstić information content (AvgIpc) is 2.45. The molecule has 0 aliphatic carbocycles. The number of pyridine rings is 1. The van der Waals surface area contributed by atoms with Crippen molar-refractivity contribution in [1.82, 2.24) is 4.98 Å². The molecule has 0 aliphatic heterocycles. The summed E-state index contributed by atoms with van der Waals surface area (Å²) in [4.78, 5) is 3.98. The van der Waals surface area contributed by atoms with Crippen molar-refractivity contribution >= 4 is 0 Å². The third-order valence-corrected chi connectivity index (χ3v) is 2.85. The zero-order chi connectivity index (χ0) is 13.7. The highest BCUT2D eigenvalue weighted by Crippen LogP contribution is 2.29. The van der Waals surface area contributed by atoms with Gasteiger partial charge < -0.3 is 15.2 Å². The number of methoxy groups -OCH3 is 1. The fraction of sp³-hybridized carbons (Fsp3) is 0.267.